The molecule has 1 aliphatic heterocycles. The molecule has 12 heteroatoms. The predicted molar refractivity (Wildman–Crippen MR) is 148 cm³/mol. The van der Waals surface area contributed by atoms with E-state index in [0.717, 1.165) is 58.1 Å². The molecule has 0 fully saturated rings. The number of rotatable bonds is 6. The standard InChI is InChI=1S/C27H24ClN9O2/c1-16(33-39-2)31-20-6-3-17(4-7-20)23-14-29-27(32-23)25-10-8-21-11-18(12-26(38)37(21)25)22-13-19(28)5-9-24(22)36-15-30-34-35-36/h3-7,9,11-15,25H,8,10H2,1-2H3,(H,29,32)(H,31,33)/t25-/m0/s1. The topological polar surface area (TPSA) is 128 Å². The zero-order valence-corrected chi connectivity index (χ0v) is 21.9. The lowest BCUT2D eigenvalue weighted by atomic mass is 10.0. The van der Waals surface area contributed by atoms with Gasteiger partial charge in [-0.05, 0) is 77.7 Å². The molecule has 1 aliphatic rings. The van der Waals surface area contributed by atoms with Gasteiger partial charge in [-0.15, -0.1) is 5.10 Å². The van der Waals surface area contributed by atoms with Crippen LogP contribution in [0.4, 0.5) is 5.69 Å². The molecule has 0 amide bonds. The molecular formula is C27H24ClN9O2. The molecule has 39 heavy (non-hydrogen) atoms. The monoisotopic (exact) mass is 541 g/mol. The third kappa shape index (κ3) is 4.79. The second-order valence-corrected chi connectivity index (χ2v) is 9.59. The highest BCUT2D eigenvalue weighted by atomic mass is 35.5. The number of oxime groups is 1. The normalized spacial score (nSPS) is 14.8. The van der Waals surface area contributed by atoms with Crippen LogP contribution in [0.2, 0.25) is 5.02 Å². The van der Waals surface area contributed by atoms with Crippen molar-refractivity contribution in [2.24, 2.45) is 5.16 Å². The van der Waals surface area contributed by atoms with E-state index in [4.69, 9.17) is 16.4 Å². The van der Waals surface area contributed by atoms with Gasteiger partial charge in [0.2, 0.25) is 0 Å². The van der Waals surface area contributed by atoms with Gasteiger partial charge in [0.05, 0.1) is 23.6 Å². The summed E-state index contributed by atoms with van der Waals surface area (Å²) in [5.41, 5.74) is 5.87. The van der Waals surface area contributed by atoms with E-state index in [1.54, 1.807) is 23.0 Å². The molecule has 2 N–H and O–H groups in total. The van der Waals surface area contributed by atoms with Gasteiger partial charge in [-0.3, -0.25) is 4.79 Å². The number of aromatic nitrogens is 7. The highest BCUT2D eigenvalue weighted by Gasteiger charge is 2.28. The number of benzene rings is 2. The van der Waals surface area contributed by atoms with Crippen LogP contribution in [0.3, 0.4) is 0 Å². The fraction of sp³-hybridized carbons (Fsp3) is 0.185. The zero-order valence-electron chi connectivity index (χ0n) is 21.2. The lowest BCUT2D eigenvalue weighted by molar-refractivity contribution is 0.213. The molecule has 0 saturated heterocycles. The molecule has 4 heterocycles. The lowest BCUT2D eigenvalue weighted by Crippen LogP contribution is -2.23. The number of hydrogen-bond donors (Lipinski definition) is 2. The molecule has 0 unspecified atom stereocenters. The van der Waals surface area contributed by atoms with Crippen LogP contribution < -0.4 is 10.9 Å². The molecule has 0 bridgehead atoms. The van der Waals surface area contributed by atoms with Crippen molar-refractivity contribution in [3.8, 4) is 28.1 Å². The second kappa shape index (κ2) is 10.2. The Bertz CT molecular complexity index is 1720. The predicted octanol–water partition coefficient (Wildman–Crippen LogP) is 4.46. The van der Waals surface area contributed by atoms with Gasteiger partial charge in [0.1, 0.15) is 25.1 Å². The van der Waals surface area contributed by atoms with E-state index in [1.165, 1.54) is 13.4 Å². The van der Waals surface area contributed by atoms with Crippen LogP contribution in [-0.2, 0) is 11.3 Å². The van der Waals surface area contributed by atoms with Crippen molar-refractivity contribution in [1.29, 1.82) is 0 Å². The fourth-order valence-corrected chi connectivity index (χ4v) is 5.15. The first-order valence-corrected chi connectivity index (χ1v) is 12.7. The van der Waals surface area contributed by atoms with Crippen LogP contribution in [0.1, 0.15) is 30.9 Å². The molecule has 196 valence electrons. The number of tetrazole rings is 1. The third-order valence-corrected chi connectivity index (χ3v) is 6.89. The van der Waals surface area contributed by atoms with Crippen molar-refractivity contribution in [3.63, 3.8) is 0 Å². The van der Waals surface area contributed by atoms with Gasteiger partial charge in [-0.1, -0.05) is 28.9 Å². The summed E-state index contributed by atoms with van der Waals surface area (Å²) in [6.07, 6.45) is 4.82. The summed E-state index contributed by atoms with van der Waals surface area (Å²) in [6.45, 7) is 1.82. The van der Waals surface area contributed by atoms with E-state index >= 15 is 0 Å². The first-order valence-electron chi connectivity index (χ1n) is 12.3. The largest absolute Gasteiger partial charge is 0.398 e. The Balaban J connectivity index is 1.29. The molecule has 2 aromatic carbocycles. The van der Waals surface area contributed by atoms with Gasteiger partial charge in [0, 0.05) is 28.0 Å². The zero-order chi connectivity index (χ0) is 26.9. The van der Waals surface area contributed by atoms with Crippen molar-refractivity contribution < 1.29 is 4.84 Å². The fourth-order valence-electron chi connectivity index (χ4n) is 4.97. The molecule has 11 nitrogen and oxygen atoms in total. The first kappa shape index (κ1) is 24.6. The number of hydrogen-bond acceptors (Lipinski definition) is 7. The Labute approximate surface area is 228 Å². The van der Waals surface area contributed by atoms with E-state index in [-0.39, 0.29) is 11.6 Å². The van der Waals surface area contributed by atoms with Crippen molar-refractivity contribution >= 4 is 23.1 Å². The van der Waals surface area contributed by atoms with Gasteiger partial charge in [0.25, 0.3) is 5.56 Å². The minimum absolute atomic E-state index is 0.103. The maximum Gasteiger partial charge on any atom is 0.252 e. The summed E-state index contributed by atoms with van der Waals surface area (Å²) in [5, 5.41) is 19.1. The number of anilines is 1. The number of halogens is 1. The maximum atomic E-state index is 13.4. The van der Waals surface area contributed by atoms with Crippen LogP contribution in [0, 0.1) is 0 Å². The molecule has 3 aromatic heterocycles. The number of pyridine rings is 1. The van der Waals surface area contributed by atoms with Crippen LogP contribution in [0.5, 0.6) is 0 Å². The van der Waals surface area contributed by atoms with E-state index in [9.17, 15) is 4.79 Å². The van der Waals surface area contributed by atoms with Crippen molar-refractivity contribution in [3.05, 3.63) is 94.0 Å². The van der Waals surface area contributed by atoms with E-state index in [0.29, 0.717) is 10.9 Å². The molecule has 0 saturated carbocycles. The number of nitrogens with one attached hydrogen (secondary N) is 2. The van der Waals surface area contributed by atoms with E-state index in [1.807, 2.05) is 54.0 Å². The number of imidazole rings is 1. The number of aromatic amines is 1. The summed E-state index contributed by atoms with van der Waals surface area (Å²) in [4.78, 5) is 26.3. The maximum absolute atomic E-state index is 13.4. The Morgan fingerprint density at radius 2 is 2.00 bits per heavy atom. The second-order valence-electron chi connectivity index (χ2n) is 9.16. The summed E-state index contributed by atoms with van der Waals surface area (Å²) < 4.78 is 3.37. The average Bonchev–Trinajstić information content (AvgIpc) is 3.70. The summed E-state index contributed by atoms with van der Waals surface area (Å²) in [5.74, 6) is 1.41. The summed E-state index contributed by atoms with van der Waals surface area (Å²) in [6, 6.07) is 16.8. The molecule has 0 aliphatic carbocycles. The third-order valence-electron chi connectivity index (χ3n) is 6.66. The Morgan fingerprint density at radius 1 is 1.15 bits per heavy atom. The van der Waals surface area contributed by atoms with E-state index < -0.39 is 0 Å². The minimum Gasteiger partial charge on any atom is -0.398 e. The van der Waals surface area contributed by atoms with Gasteiger partial charge >= 0.3 is 0 Å². The van der Waals surface area contributed by atoms with Gasteiger partial charge in [-0.2, -0.15) is 4.68 Å². The summed E-state index contributed by atoms with van der Waals surface area (Å²) in [7, 11) is 1.51. The average molecular weight is 542 g/mol. The number of nitrogens with zero attached hydrogens (tertiary/aromatic N) is 7. The van der Waals surface area contributed by atoms with Crippen molar-refractivity contribution in [2.45, 2.75) is 25.8 Å². The van der Waals surface area contributed by atoms with Crippen LogP contribution in [0.15, 0.2) is 77.1 Å². The van der Waals surface area contributed by atoms with Gasteiger partial charge in [-0.25, -0.2) is 4.98 Å². The first-order chi connectivity index (χ1) is 19.0. The Kier molecular flexibility index (Phi) is 6.41. The molecule has 0 spiro atoms. The number of fused-ring (bicyclic) bond motifs is 1. The SMILES string of the molecule is CO/N=C(\C)Nc1ccc(-c2cnc([C@@H]3CCc4cc(-c5cc(Cl)ccc5-n5cnnn5)cc(=O)n43)[nH]2)cc1. The minimum atomic E-state index is -0.178. The molecule has 1 atom stereocenters. The van der Waals surface area contributed by atoms with Crippen LogP contribution in [-0.4, -0.2) is 47.7 Å². The number of aryl methyl sites for hydroxylation is 1. The Morgan fingerprint density at radius 3 is 2.77 bits per heavy atom. The van der Waals surface area contributed by atoms with Gasteiger partial charge in [0.15, 0.2) is 0 Å². The van der Waals surface area contributed by atoms with Crippen molar-refractivity contribution in [2.75, 3.05) is 12.4 Å². The molecule has 6 rings (SSSR count). The number of amidine groups is 1. The smallest absolute Gasteiger partial charge is 0.252 e. The number of H-pyrrole nitrogens is 1. The lowest BCUT2D eigenvalue weighted by Gasteiger charge is -2.15. The summed E-state index contributed by atoms with van der Waals surface area (Å²) >= 11 is 6.31. The van der Waals surface area contributed by atoms with Crippen LogP contribution >= 0.6 is 11.6 Å². The quantitative estimate of drug-likeness (QED) is 0.184. The van der Waals surface area contributed by atoms with Gasteiger partial charge < -0.3 is 19.7 Å². The highest BCUT2D eigenvalue weighted by molar-refractivity contribution is 6.31. The van der Waals surface area contributed by atoms with E-state index in [2.05, 4.69) is 36.0 Å². The molecular weight excluding hydrogens is 518 g/mol. The van der Waals surface area contributed by atoms with Crippen molar-refractivity contribution in [1.82, 2.24) is 34.7 Å². The highest BCUT2D eigenvalue weighted by Crippen LogP contribution is 2.34. The van der Waals surface area contributed by atoms with Crippen LogP contribution in [0.25, 0.3) is 28.1 Å². The molecule has 5 aromatic rings. The Hall–Kier alpha value is -4.77. The molecule has 0 radical (unpaired) electrons.